The SMILES string of the molecule is CCCn1nc(C)c(NC(=O)N2CCC([C@@H](O)c3nccn3C)CC2)c1C. The van der Waals surface area contributed by atoms with Crippen molar-refractivity contribution >= 4 is 11.7 Å². The molecule has 148 valence electrons. The van der Waals surface area contributed by atoms with Crippen molar-refractivity contribution in [3.05, 3.63) is 29.6 Å². The fourth-order valence-electron chi connectivity index (χ4n) is 3.78. The number of aryl methyl sites for hydroxylation is 3. The molecule has 2 aromatic rings. The number of rotatable bonds is 5. The van der Waals surface area contributed by atoms with Crippen molar-refractivity contribution < 1.29 is 9.90 Å². The number of likely N-dealkylation sites (tertiary alicyclic amines) is 1. The molecule has 1 aliphatic rings. The molecule has 8 nitrogen and oxygen atoms in total. The summed E-state index contributed by atoms with van der Waals surface area (Å²) in [6.07, 6.45) is 5.46. The van der Waals surface area contributed by atoms with Gasteiger partial charge in [0.25, 0.3) is 0 Å². The van der Waals surface area contributed by atoms with Crippen LogP contribution in [0, 0.1) is 19.8 Å². The van der Waals surface area contributed by atoms with Crippen LogP contribution in [0.15, 0.2) is 12.4 Å². The number of aliphatic hydroxyl groups excluding tert-OH is 1. The summed E-state index contributed by atoms with van der Waals surface area (Å²) in [6, 6.07) is -0.0952. The smallest absolute Gasteiger partial charge is 0.321 e. The standard InChI is InChI=1S/C19H30N6O2/c1-5-9-25-14(3)16(13(2)22-25)21-19(27)24-10-6-15(7-11-24)17(26)18-20-8-12-23(18)4/h8,12,15,17,26H,5-7,9-11H2,1-4H3,(H,21,27)/t17-/m1/s1. The van der Waals surface area contributed by atoms with Gasteiger partial charge >= 0.3 is 6.03 Å². The number of hydrogen-bond donors (Lipinski definition) is 2. The first kappa shape index (κ1) is 19.4. The molecule has 1 fully saturated rings. The van der Waals surface area contributed by atoms with Crippen LogP contribution < -0.4 is 5.32 Å². The number of nitrogens with zero attached hydrogens (tertiary/aromatic N) is 5. The summed E-state index contributed by atoms with van der Waals surface area (Å²) in [5.41, 5.74) is 2.64. The third-order valence-corrected chi connectivity index (χ3v) is 5.45. The average Bonchev–Trinajstić information content (AvgIpc) is 3.20. The van der Waals surface area contributed by atoms with Gasteiger partial charge in [0.05, 0.1) is 17.1 Å². The lowest BCUT2D eigenvalue weighted by Crippen LogP contribution is -2.42. The molecule has 0 spiro atoms. The molecule has 2 N–H and O–H groups in total. The van der Waals surface area contributed by atoms with Gasteiger partial charge in [0.2, 0.25) is 0 Å². The van der Waals surface area contributed by atoms with Gasteiger partial charge in [-0.15, -0.1) is 0 Å². The number of anilines is 1. The molecule has 3 heterocycles. The Balaban J connectivity index is 1.58. The molecular formula is C19H30N6O2. The van der Waals surface area contributed by atoms with E-state index in [1.165, 1.54) is 0 Å². The second kappa shape index (κ2) is 8.12. The topological polar surface area (TPSA) is 88.2 Å². The fraction of sp³-hybridized carbons (Fsp3) is 0.632. The molecule has 27 heavy (non-hydrogen) atoms. The Morgan fingerprint density at radius 3 is 2.67 bits per heavy atom. The first-order valence-corrected chi connectivity index (χ1v) is 9.67. The predicted octanol–water partition coefficient (Wildman–Crippen LogP) is 2.62. The Labute approximate surface area is 160 Å². The molecule has 0 unspecified atom stereocenters. The van der Waals surface area contributed by atoms with E-state index in [2.05, 4.69) is 22.3 Å². The van der Waals surface area contributed by atoms with Crippen LogP contribution in [0.5, 0.6) is 0 Å². The summed E-state index contributed by atoms with van der Waals surface area (Å²) in [4.78, 5) is 18.8. The summed E-state index contributed by atoms with van der Waals surface area (Å²) >= 11 is 0. The number of amides is 2. The summed E-state index contributed by atoms with van der Waals surface area (Å²) in [6.45, 7) is 8.11. The highest BCUT2D eigenvalue weighted by atomic mass is 16.3. The molecule has 0 radical (unpaired) electrons. The van der Waals surface area contributed by atoms with Gasteiger partial charge in [-0.1, -0.05) is 6.92 Å². The Morgan fingerprint density at radius 1 is 1.37 bits per heavy atom. The number of hydrogen-bond acceptors (Lipinski definition) is 4. The van der Waals surface area contributed by atoms with Crippen molar-refractivity contribution in [3.8, 4) is 0 Å². The number of nitrogens with one attached hydrogen (secondary N) is 1. The van der Waals surface area contributed by atoms with Crippen molar-refractivity contribution in [1.82, 2.24) is 24.2 Å². The van der Waals surface area contributed by atoms with E-state index in [0.717, 1.165) is 42.9 Å². The number of piperidine rings is 1. The number of urea groups is 1. The average molecular weight is 374 g/mol. The first-order chi connectivity index (χ1) is 12.9. The number of carbonyl (C=O) groups is 1. The second-order valence-corrected chi connectivity index (χ2v) is 7.36. The van der Waals surface area contributed by atoms with E-state index in [1.54, 1.807) is 6.20 Å². The van der Waals surface area contributed by atoms with Crippen LogP contribution in [0.25, 0.3) is 0 Å². The van der Waals surface area contributed by atoms with Crippen molar-refractivity contribution in [2.24, 2.45) is 13.0 Å². The largest absolute Gasteiger partial charge is 0.385 e. The minimum absolute atomic E-state index is 0.0952. The maximum atomic E-state index is 12.7. The highest BCUT2D eigenvalue weighted by Gasteiger charge is 2.30. The summed E-state index contributed by atoms with van der Waals surface area (Å²) in [5.74, 6) is 0.804. The van der Waals surface area contributed by atoms with Crippen LogP contribution in [0.3, 0.4) is 0 Å². The monoisotopic (exact) mass is 374 g/mol. The zero-order valence-corrected chi connectivity index (χ0v) is 16.6. The third-order valence-electron chi connectivity index (χ3n) is 5.45. The van der Waals surface area contributed by atoms with Gasteiger partial charge < -0.3 is 19.9 Å². The molecule has 8 heteroatoms. The molecule has 0 aromatic carbocycles. The fourth-order valence-corrected chi connectivity index (χ4v) is 3.78. The third kappa shape index (κ3) is 4.00. The van der Waals surface area contributed by atoms with Crippen LogP contribution in [-0.2, 0) is 13.6 Å². The summed E-state index contributed by atoms with van der Waals surface area (Å²) < 4.78 is 3.80. The molecule has 2 aromatic heterocycles. The Bertz CT molecular complexity index is 788. The van der Waals surface area contributed by atoms with Gasteiger partial charge in [-0.25, -0.2) is 9.78 Å². The molecule has 0 bridgehead atoms. The van der Waals surface area contributed by atoms with E-state index >= 15 is 0 Å². The Kier molecular flexibility index (Phi) is 5.84. The Morgan fingerprint density at radius 2 is 2.07 bits per heavy atom. The number of carbonyl (C=O) groups excluding carboxylic acids is 1. The molecule has 0 aliphatic carbocycles. The van der Waals surface area contributed by atoms with Crippen LogP contribution >= 0.6 is 0 Å². The number of aromatic nitrogens is 4. The van der Waals surface area contributed by atoms with Gasteiger partial charge in [-0.05, 0) is 39.0 Å². The predicted molar refractivity (Wildman–Crippen MR) is 103 cm³/mol. The van der Waals surface area contributed by atoms with E-state index in [1.807, 2.05) is 41.2 Å². The molecule has 1 saturated heterocycles. The number of aliphatic hydroxyl groups is 1. The lowest BCUT2D eigenvalue weighted by molar-refractivity contribution is 0.0599. The van der Waals surface area contributed by atoms with Gasteiger partial charge in [-0.2, -0.15) is 5.10 Å². The van der Waals surface area contributed by atoms with Gasteiger partial charge in [0, 0.05) is 39.1 Å². The van der Waals surface area contributed by atoms with Crippen molar-refractivity contribution in [1.29, 1.82) is 0 Å². The van der Waals surface area contributed by atoms with Crippen LogP contribution in [0.1, 0.15) is 49.5 Å². The Hall–Kier alpha value is -2.35. The normalized spacial score (nSPS) is 16.6. The van der Waals surface area contributed by atoms with Gasteiger partial charge in [-0.3, -0.25) is 4.68 Å². The van der Waals surface area contributed by atoms with Crippen molar-refractivity contribution in [2.75, 3.05) is 18.4 Å². The molecule has 0 saturated carbocycles. The van der Waals surface area contributed by atoms with E-state index in [9.17, 15) is 9.90 Å². The lowest BCUT2D eigenvalue weighted by Gasteiger charge is -2.34. The lowest BCUT2D eigenvalue weighted by atomic mass is 9.91. The van der Waals surface area contributed by atoms with E-state index in [4.69, 9.17) is 0 Å². The van der Waals surface area contributed by atoms with Crippen LogP contribution in [0.4, 0.5) is 10.5 Å². The van der Waals surface area contributed by atoms with E-state index in [-0.39, 0.29) is 11.9 Å². The highest BCUT2D eigenvalue weighted by molar-refractivity contribution is 5.90. The van der Waals surface area contributed by atoms with Gasteiger partial charge in [0.1, 0.15) is 11.9 Å². The maximum Gasteiger partial charge on any atom is 0.321 e. The second-order valence-electron chi connectivity index (χ2n) is 7.36. The van der Waals surface area contributed by atoms with Crippen molar-refractivity contribution in [2.45, 2.75) is 52.7 Å². The molecule has 1 atom stereocenters. The molecule has 1 aliphatic heterocycles. The minimum Gasteiger partial charge on any atom is -0.385 e. The molecule has 3 rings (SSSR count). The minimum atomic E-state index is -0.591. The van der Waals surface area contributed by atoms with Crippen LogP contribution in [-0.4, -0.2) is 48.5 Å². The summed E-state index contributed by atoms with van der Waals surface area (Å²) in [5, 5.41) is 18.1. The van der Waals surface area contributed by atoms with E-state index in [0.29, 0.717) is 18.9 Å². The zero-order valence-electron chi connectivity index (χ0n) is 16.6. The number of imidazole rings is 1. The van der Waals surface area contributed by atoms with E-state index < -0.39 is 6.10 Å². The highest BCUT2D eigenvalue weighted by Crippen LogP contribution is 2.30. The zero-order chi connectivity index (χ0) is 19.6. The quantitative estimate of drug-likeness (QED) is 0.842. The summed E-state index contributed by atoms with van der Waals surface area (Å²) in [7, 11) is 1.89. The maximum absolute atomic E-state index is 12.7. The molecule has 2 amide bonds. The molecular weight excluding hydrogens is 344 g/mol. The van der Waals surface area contributed by atoms with Crippen LogP contribution in [0.2, 0.25) is 0 Å². The first-order valence-electron chi connectivity index (χ1n) is 9.67. The van der Waals surface area contributed by atoms with Gasteiger partial charge in [0.15, 0.2) is 0 Å². The van der Waals surface area contributed by atoms with Crippen molar-refractivity contribution in [3.63, 3.8) is 0 Å².